The van der Waals surface area contributed by atoms with Gasteiger partial charge in [-0.25, -0.2) is 0 Å². The van der Waals surface area contributed by atoms with Gasteiger partial charge in [-0.05, 0) is 47.7 Å². The molecular formula is C27H27N3O. The smallest absolute Gasteiger partial charge is 0.163 e. The molecule has 1 aliphatic carbocycles. The third-order valence-electron chi connectivity index (χ3n) is 6.32. The molecule has 156 valence electrons. The van der Waals surface area contributed by atoms with Crippen LogP contribution >= 0.6 is 0 Å². The van der Waals surface area contributed by atoms with Gasteiger partial charge in [0.05, 0.1) is 17.4 Å². The number of ketones is 1. The number of nitrogens with one attached hydrogen (secondary N) is 2. The second-order valence-electron chi connectivity index (χ2n) is 8.57. The summed E-state index contributed by atoms with van der Waals surface area (Å²) in [5.74, 6) is 0.390. The summed E-state index contributed by atoms with van der Waals surface area (Å²) < 4.78 is 0. The van der Waals surface area contributed by atoms with E-state index in [1.165, 1.54) is 11.3 Å². The summed E-state index contributed by atoms with van der Waals surface area (Å²) in [6.45, 7) is 0. The van der Waals surface area contributed by atoms with Crippen molar-refractivity contribution in [1.82, 2.24) is 0 Å². The van der Waals surface area contributed by atoms with Crippen molar-refractivity contribution in [3.63, 3.8) is 0 Å². The number of hydrogen-bond acceptors (Lipinski definition) is 4. The molecule has 2 aliphatic rings. The van der Waals surface area contributed by atoms with E-state index in [1.807, 2.05) is 44.4 Å². The standard InChI is InChI=1S/C27H27N3O/c1-30(2)21-14-12-18(13-15-21)20-16-24-26(25(31)17-20)27(19-8-4-3-5-9-19)29-23-11-7-6-10-22(23)28-24/h3-15,20,27-29H,16-17H2,1-2H3/t20-,27+/m0/s1. The van der Waals surface area contributed by atoms with Gasteiger partial charge in [0.2, 0.25) is 0 Å². The molecule has 2 atom stereocenters. The average molecular weight is 410 g/mol. The minimum Gasteiger partial charge on any atom is -0.378 e. The van der Waals surface area contributed by atoms with Gasteiger partial charge in [-0.1, -0.05) is 54.6 Å². The highest BCUT2D eigenvalue weighted by atomic mass is 16.1. The lowest BCUT2D eigenvalue weighted by molar-refractivity contribution is -0.116. The van der Waals surface area contributed by atoms with Crippen molar-refractivity contribution in [3.05, 3.63) is 101 Å². The maximum absolute atomic E-state index is 13.5. The van der Waals surface area contributed by atoms with E-state index < -0.39 is 0 Å². The predicted octanol–water partition coefficient (Wildman–Crippen LogP) is 5.73. The Hall–Kier alpha value is -3.53. The first kappa shape index (κ1) is 19.4. The van der Waals surface area contributed by atoms with E-state index >= 15 is 0 Å². The van der Waals surface area contributed by atoms with Gasteiger partial charge in [-0.3, -0.25) is 4.79 Å². The van der Waals surface area contributed by atoms with E-state index in [4.69, 9.17) is 0 Å². The molecule has 0 radical (unpaired) electrons. The van der Waals surface area contributed by atoms with E-state index in [0.717, 1.165) is 34.6 Å². The highest BCUT2D eigenvalue weighted by molar-refractivity contribution is 6.01. The minimum absolute atomic E-state index is 0.156. The second kappa shape index (κ2) is 7.95. The third-order valence-corrected chi connectivity index (χ3v) is 6.32. The highest BCUT2D eigenvalue weighted by Crippen LogP contribution is 2.44. The number of hydrogen-bond donors (Lipinski definition) is 2. The van der Waals surface area contributed by atoms with Gasteiger partial charge in [0.1, 0.15) is 0 Å². The molecule has 0 spiro atoms. The first-order valence-corrected chi connectivity index (χ1v) is 10.8. The van der Waals surface area contributed by atoms with E-state index in [9.17, 15) is 4.79 Å². The first-order chi connectivity index (χ1) is 15.1. The monoisotopic (exact) mass is 409 g/mol. The normalized spacial score (nSPS) is 20.1. The maximum atomic E-state index is 13.5. The van der Waals surface area contributed by atoms with Crippen LogP contribution in [0.3, 0.4) is 0 Å². The topological polar surface area (TPSA) is 44.4 Å². The number of para-hydroxylation sites is 2. The van der Waals surface area contributed by atoms with Gasteiger partial charge in [-0.2, -0.15) is 0 Å². The van der Waals surface area contributed by atoms with Crippen LogP contribution in [0, 0.1) is 0 Å². The molecule has 1 aliphatic heterocycles. The van der Waals surface area contributed by atoms with Crippen molar-refractivity contribution >= 4 is 22.8 Å². The Labute approximate surface area is 183 Å². The molecule has 1 heterocycles. The summed E-state index contributed by atoms with van der Waals surface area (Å²) in [5, 5.41) is 7.24. The second-order valence-corrected chi connectivity index (χ2v) is 8.57. The summed E-state index contributed by atoms with van der Waals surface area (Å²) in [4.78, 5) is 15.6. The van der Waals surface area contributed by atoms with Gasteiger partial charge in [0.15, 0.2) is 5.78 Å². The number of allylic oxidation sites excluding steroid dienone is 1. The Morgan fingerprint density at radius 1 is 0.774 bits per heavy atom. The van der Waals surface area contributed by atoms with Crippen LogP contribution in [-0.2, 0) is 4.79 Å². The number of benzene rings is 3. The summed E-state index contributed by atoms with van der Waals surface area (Å²) >= 11 is 0. The van der Waals surface area contributed by atoms with Crippen LogP contribution < -0.4 is 15.5 Å². The molecule has 0 amide bonds. The van der Waals surface area contributed by atoms with Crippen LogP contribution in [0.1, 0.15) is 35.9 Å². The van der Waals surface area contributed by atoms with E-state index in [0.29, 0.717) is 6.42 Å². The van der Waals surface area contributed by atoms with Gasteiger partial charge >= 0.3 is 0 Å². The predicted molar refractivity (Wildman–Crippen MR) is 128 cm³/mol. The van der Waals surface area contributed by atoms with Crippen LogP contribution in [-0.4, -0.2) is 19.9 Å². The maximum Gasteiger partial charge on any atom is 0.163 e. The molecular weight excluding hydrogens is 382 g/mol. The van der Waals surface area contributed by atoms with Crippen molar-refractivity contribution < 1.29 is 4.79 Å². The largest absolute Gasteiger partial charge is 0.378 e. The number of carbonyl (C=O) groups excluding carboxylic acids is 1. The molecule has 3 aromatic rings. The van der Waals surface area contributed by atoms with Crippen LogP contribution in [0.5, 0.6) is 0 Å². The first-order valence-electron chi connectivity index (χ1n) is 10.8. The van der Waals surface area contributed by atoms with Gasteiger partial charge < -0.3 is 15.5 Å². The Bertz CT molecular complexity index is 1130. The van der Waals surface area contributed by atoms with Crippen molar-refractivity contribution in [3.8, 4) is 0 Å². The van der Waals surface area contributed by atoms with Crippen molar-refractivity contribution in [1.29, 1.82) is 0 Å². The molecule has 0 fully saturated rings. The number of anilines is 3. The summed E-state index contributed by atoms with van der Waals surface area (Å²) in [7, 11) is 4.08. The molecule has 31 heavy (non-hydrogen) atoms. The fourth-order valence-corrected chi connectivity index (χ4v) is 4.67. The average Bonchev–Trinajstić information content (AvgIpc) is 2.96. The van der Waals surface area contributed by atoms with E-state index in [1.54, 1.807) is 0 Å². The molecule has 0 unspecified atom stereocenters. The van der Waals surface area contributed by atoms with Gasteiger partial charge in [0.25, 0.3) is 0 Å². The fourth-order valence-electron chi connectivity index (χ4n) is 4.67. The number of nitrogens with zero attached hydrogens (tertiary/aromatic N) is 1. The zero-order valence-electron chi connectivity index (χ0n) is 17.9. The molecule has 0 saturated carbocycles. The van der Waals surface area contributed by atoms with Crippen LogP contribution in [0.15, 0.2) is 90.1 Å². The lowest BCUT2D eigenvalue weighted by atomic mass is 9.78. The molecule has 5 rings (SSSR count). The lowest BCUT2D eigenvalue weighted by Gasteiger charge is -2.30. The Kier molecular flexibility index (Phi) is 4.99. The SMILES string of the molecule is CN(C)c1ccc([C@@H]2CC(=O)C3=C(C2)Nc2ccccc2N[C@@H]3c2ccccc2)cc1. The minimum atomic E-state index is -0.156. The number of fused-ring (bicyclic) bond motifs is 1. The fraction of sp³-hybridized carbons (Fsp3) is 0.222. The van der Waals surface area contributed by atoms with Crippen LogP contribution in [0.2, 0.25) is 0 Å². The van der Waals surface area contributed by atoms with Crippen molar-refractivity contribution in [2.24, 2.45) is 0 Å². The Balaban J connectivity index is 1.55. The Morgan fingerprint density at radius 2 is 1.45 bits per heavy atom. The van der Waals surface area contributed by atoms with Gasteiger partial charge in [0, 0.05) is 37.5 Å². The molecule has 4 heteroatoms. The summed E-state index contributed by atoms with van der Waals surface area (Å²) in [6, 6.07) is 26.9. The summed E-state index contributed by atoms with van der Waals surface area (Å²) in [6.07, 6.45) is 1.35. The van der Waals surface area contributed by atoms with Gasteiger partial charge in [-0.15, -0.1) is 0 Å². The molecule has 0 bridgehead atoms. The number of rotatable bonds is 3. The molecule has 0 saturated heterocycles. The molecule has 0 aromatic heterocycles. The molecule has 3 aromatic carbocycles. The van der Waals surface area contributed by atoms with Crippen LogP contribution in [0.25, 0.3) is 0 Å². The van der Waals surface area contributed by atoms with Crippen molar-refractivity contribution in [2.75, 3.05) is 29.6 Å². The Morgan fingerprint density at radius 3 is 2.16 bits per heavy atom. The zero-order chi connectivity index (χ0) is 21.4. The highest BCUT2D eigenvalue weighted by Gasteiger charge is 2.35. The number of carbonyl (C=O) groups is 1. The van der Waals surface area contributed by atoms with Crippen molar-refractivity contribution in [2.45, 2.75) is 24.8 Å². The number of Topliss-reactive ketones (excluding diaryl/α,β-unsaturated/α-hetero) is 1. The zero-order valence-corrected chi connectivity index (χ0v) is 17.9. The quantitative estimate of drug-likeness (QED) is 0.580. The molecule has 2 N–H and O–H groups in total. The molecule has 4 nitrogen and oxygen atoms in total. The lowest BCUT2D eigenvalue weighted by Crippen LogP contribution is -2.26. The van der Waals surface area contributed by atoms with E-state index in [2.05, 4.69) is 64.1 Å². The van der Waals surface area contributed by atoms with E-state index in [-0.39, 0.29) is 17.7 Å². The summed E-state index contributed by atoms with van der Waals surface area (Å²) in [5.41, 5.74) is 7.42. The third kappa shape index (κ3) is 3.70. The van der Waals surface area contributed by atoms with Crippen LogP contribution in [0.4, 0.5) is 17.1 Å².